The summed E-state index contributed by atoms with van der Waals surface area (Å²) in [6, 6.07) is 0. The molecule has 0 bridgehead atoms. The van der Waals surface area contributed by atoms with Crippen LogP contribution in [0.4, 0.5) is 0 Å². The number of rotatable bonds is 3. The molecule has 0 unspecified atom stereocenters. The van der Waals surface area contributed by atoms with Crippen LogP contribution in [-0.2, 0) is 0 Å². The van der Waals surface area contributed by atoms with Crippen molar-refractivity contribution in [2.45, 2.75) is 39.0 Å². The Labute approximate surface area is 69.7 Å². The third-order valence-electron chi connectivity index (χ3n) is 2.88. The van der Waals surface area contributed by atoms with Gasteiger partial charge in [0.25, 0.3) is 0 Å². The van der Waals surface area contributed by atoms with E-state index in [4.69, 9.17) is 5.73 Å². The van der Waals surface area contributed by atoms with Crippen LogP contribution in [-0.4, -0.2) is 6.54 Å². The van der Waals surface area contributed by atoms with Crippen molar-refractivity contribution in [2.24, 2.45) is 11.1 Å². The number of hydrogen-bond acceptors (Lipinski definition) is 1. The van der Waals surface area contributed by atoms with Crippen LogP contribution in [0.3, 0.4) is 0 Å². The summed E-state index contributed by atoms with van der Waals surface area (Å²) in [4.78, 5) is 0. The van der Waals surface area contributed by atoms with E-state index in [2.05, 4.69) is 19.1 Å². The predicted molar refractivity (Wildman–Crippen MR) is 49.4 cm³/mol. The van der Waals surface area contributed by atoms with Gasteiger partial charge in [-0.2, -0.15) is 0 Å². The monoisotopic (exact) mass is 153 g/mol. The van der Waals surface area contributed by atoms with Crippen molar-refractivity contribution >= 4 is 0 Å². The Hall–Kier alpha value is -0.300. The lowest BCUT2D eigenvalue weighted by Crippen LogP contribution is -2.26. The maximum Gasteiger partial charge on any atom is -0.00176 e. The minimum atomic E-state index is 0.479. The Bertz CT molecular complexity index is 132. The highest BCUT2D eigenvalue weighted by Gasteiger charge is 2.30. The molecule has 0 heterocycles. The van der Waals surface area contributed by atoms with E-state index in [9.17, 15) is 0 Å². The Morgan fingerprint density at radius 1 is 1.36 bits per heavy atom. The Morgan fingerprint density at radius 2 is 2.00 bits per heavy atom. The van der Waals surface area contributed by atoms with Crippen molar-refractivity contribution in [3.63, 3.8) is 0 Å². The van der Waals surface area contributed by atoms with Crippen LogP contribution in [0.15, 0.2) is 12.2 Å². The molecule has 0 aromatic rings. The summed E-state index contributed by atoms with van der Waals surface area (Å²) in [5, 5.41) is 0. The van der Waals surface area contributed by atoms with Gasteiger partial charge in [-0.15, -0.1) is 0 Å². The molecule has 0 atom stereocenters. The fourth-order valence-corrected chi connectivity index (χ4v) is 1.98. The van der Waals surface area contributed by atoms with Crippen LogP contribution < -0.4 is 5.73 Å². The summed E-state index contributed by atoms with van der Waals surface area (Å²) >= 11 is 0. The van der Waals surface area contributed by atoms with Crippen molar-refractivity contribution in [1.82, 2.24) is 0 Å². The van der Waals surface area contributed by atoms with Gasteiger partial charge in [0.2, 0.25) is 0 Å². The van der Waals surface area contributed by atoms with Crippen molar-refractivity contribution in [1.29, 1.82) is 0 Å². The zero-order valence-electron chi connectivity index (χ0n) is 7.47. The van der Waals surface area contributed by atoms with E-state index in [1.54, 1.807) is 0 Å². The molecule has 64 valence electrons. The number of nitrogens with two attached hydrogens (primary N) is 1. The molecule has 0 aromatic heterocycles. The van der Waals surface area contributed by atoms with Crippen LogP contribution in [0.25, 0.3) is 0 Å². The van der Waals surface area contributed by atoms with E-state index < -0.39 is 0 Å². The van der Waals surface area contributed by atoms with Gasteiger partial charge in [-0.3, -0.25) is 0 Å². The molecule has 2 N–H and O–H groups in total. The standard InChI is InChI=1S/C10H19N/c1-2-3-6-10(9-11)7-4-5-8-10/h2-3H,4-9,11H2,1H3/b3-2+. The van der Waals surface area contributed by atoms with Crippen LogP contribution >= 0.6 is 0 Å². The van der Waals surface area contributed by atoms with Crippen LogP contribution in [0.5, 0.6) is 0 Å². The molecule has 11 heavy (non-hydrogen) atoms. The summed E-state index contributed by atoms with van der Waals surface area (Å²) in [7, 11) is 0. The summed E-state index contributed by atoms with van der Waals surface area (Å²) in [5.74, 6) is 0. The van der Waals surface area contributed by atoms with Crippen LogP contribution in [0.2, 0.25) is 0 Å². The first kappa shape index (κ1) is 8.79. The molecular weight excluding hydrogens is 134 g/mol. The normalized spacial score (nSPS) is 23.1. The summed E-state index contributed by atoms with van der Waals surface area (Å²) < 4.78 is 0. The predicted octanol–water partition coefficient (Wildman–Crippen LogP) is 2.47. The van der Waals surface area contributed by atoms with Crippen molar-refractivity contribution in [3.8, 4) is 0 Å². The highest BCUT2D eigenvalue weighted by molar-refractivity contribution is 4.93. The second-order valence-electron chi connectivity index (χ2n) is 3.68. The molecule has 0 saturated heterocycles. The average Bonchev–Trinajstić information content (AvgIpc) is 2.50. The molecule has 1 saturated carbocycles. The molecule has 1 aliphatic carbocycles. The first-order chi connectivity index (χ1) is 5.33. The van der Waals surface area contributed by atoms with E-state index in [-0.39, 0.29) is 0 Å². The Balaban J connectivity index is 2.45. The lowest BCUT2D eigenvalue weighted by molar-refractivity contribution is 0.313. The fraction of sp³-hybridized carbons (Fsp3) is 0.800. The summed E-state index contributed by atoms with van der Waals surface area (Å²) in [6.45, 7) is 2.95. The topological polar surface area (TPSA) is 26.0 Å². The molecule has 1 heteroatoms. The first-order valence-electron chi connectivity index (χ1n) is 4.64. The molecule has 1 fully saturated rings. The lowest BCUT2D eigenvalue weighted by atomic mass is 9.83. The molecule has 1 nitrogen and oxygen atoms in total. The van der Waals surface area contributed by atoms with Gasteiger partial charge in [-0.25, -0.2) is 0 Å². The number of allylic oxidation sites excluding steroid dienone is 2. The second kappa shape index (κ2) is 3.91. The second-order valence-corrected chi connectivity index (χ2v) is 3.68. The molecule has 0 spiro atoms. The smallest absolute Gasteiger partial charge is 0.00176 e. The molecule has 1 rings (SSSR count). The zero-order valence-corrected chi connectivity index (χ0v) is 7.47. The molecule has 0 aliphatic heterocycles. The van der Waals surface area contributed by atoms with E-state index in [1.807, 2.05) is 0 Å². The Morgan fingerprint density at radius 3 is 2.45 bits per heavy atom. The highest BCUT2D eigenvalue weighted by Crippen LogP contribution is 2.40. The maximum absolute atomic E-state index is 5.78. The molecule has 0 aromatic carbocycles. The van der Waals surface area contributed by atoms with E-state index in [1.165, 1.54) is 32.1 Å². The minimum Gasteiger partial charge on any atom is -0.330 e. The Kier molecular flexibility index (Phi) is 3.13. The SMILES string of the molecule is C/C=C/CC1(CN)CCCC1. The third-order valence-corrected chi connectivity index (χ3v) is 2.88. The van der Waals surface area contributed by atoms with Crippen molar-refractivity contribution in [3.05, 3.63) is 12.2 Å². The molecular formula is C10H19N. The van der Waals surface area contributed by atoms with Gasteiger partial charge in [0, 0.05) is 0 Å². The quantitative estimate of drug-likeness (QED) is 0.619. The van der Waals surface area contributed by atoms with Gasteiger partial charge in [0.15, 0.2) is 0 Å². The summed E-state index contributed by atoms with van der Waals surface area (Å²) in [6.07, 6.45) is 11.0. The van der Waals surface area contributed by atoms with E-state index >= 15 is 0 Å². The van der Waals surface area contributed by atoms with Gasteiger partial charge in [-0.05, 0) is 38.1 Å². The van der Waals surface area contributed by atoms with Gasteiger partial charge in [0.1, 0.15) is 0 Å². The van der Waals surface area contributed by atoms with E-state index in [0.29, 0.717) is 5.41 Å². The van der Waals surface area contributed by atoms with Gasteiger partial charge in [-0.1, -0.05) is 25.0 Å². The van der Waals surface area contributed by atoms with Crippen LogP contribution in [0.1, 0.15) is 39.0 Å². The average molecular weight is 153 g/mol. The summed E-state index contributed by atoms with van der Waals surface area (Å²) in [5.41, 5.74) is 6.25. The van der Waals surface area contributed by atoms with Gasteiger partial charge < -0.3 is 5.73 Å². The van der Waals surface area contributed by atoms with Crippen molar-refractivity contribution < 1.29 is 0 Å². The van der Waals surface area contributed by atoms with Gasteiger partial charge in [0.05, 0.1) is 0 Å². The van der Waals surface area contributed by atoms with Crippen LogP contribution in [0, 0.1) is 5.41 Å². The molecule has 1 aliphatic rings. The highest BCUT2D eigenvalue weighted by atomic mass is 14.6. The maximum atomic E-state index is 5.78. The lowest BCUT2D eigenvalue weighted by Gasteiger charge is -2.25. The molecule has 0 radical (unpaired) electrons. The largest absolute Gasteiger partial charge is 0.330 e. The van der Waals surface area contributed by atoms with Gasteiger partial charge >= 0.3 is 0 Å². The zero-order chi connectivity index (χ0) is 8.16. The minimum absolute atomic E-state index is 0.479. The fourth-order valence-electron chi connectivity index (χ4n) is 1.98. The number of hydrogen-bond donors (Lipinski definition) is 1. The first-order valence-corrected chi connectivity index (χ1v) is 4.64. The molecule has 0 amide bonds. The third kappa shape index (κ3) is 2.06. The van der Waals surface area contributed by atoms with Crippen molar-refractivity contribution in [2.75, 3.05) is 6.54 Å². The van der Waals surface area contributed by atoms with E-state index in [0.717, 1.165) is 6.54 Å².